The van der Waals surface area contributed by atoms with Gasteiger partial charge in [0.05, 0.1) is 12.7 Å². The molecular weight excluding hydrogens is 348 g/mol. The fourth-order valence-corrected chi connectivity index (χ4v) is 3.40. The molecule has 0 aliphatic carbocycles. The van der Waals surface area contributed by atoms with Crippen molar-refractivity contribution in [3.63, 3.8) is 0 Å². The van der Waals surface area contributed by atoms with E-state index in [1.807, 2.05) is 65.0 Å². The molecule has 0 saturated carbocycles. The van der Waals surface area contributed by atoms with Gasteiger partial charge < -0.3 is 23.7 Å². The summed E-state index contributed by atoms with van der Waals surface area (Å²) in [7, 11) is 0. The zero-order chi connectivity index (χ0) is 19.7. The van der Waals surface area contributed by atoms with Crippen molar-refractivity contribution in [1.82, 2.24) is 0 Å². The van der Waals surface area contributed by atoms with E-state index in [0.717, 1.165) is 5.56 Å². The zero-order valence-corrected chi connectivity index (χ0v) is 16.8. The topological polar surface area (TPSA) is 63.2 Å². The van der Waals surface area contributed by atoms with E-state index >= 15 is 0 Å². The van der Waals surface area contributed by atoms with Gasteiger partial charge in [0, 0.05) is 6.42 Å². The van der Waals surface area contributed by atoms with Crippen molar-refractivity contribution in [1.29, 1.82) is 0 Å². The quantitative estimate of drug-likeness (QED) is 0.705. The molecule has 150 valence electrons. The molecule has 0 spiro atoms. The van der Waals surface area contributed by atoms with Gasteiger partial charge in [-0.05, 0) is 46.6 Å². The Kier molecular flexibility index (Phi) is 5.91. The lowest BCUT2D eigenvalue weighted by molar-refractivity contribution is -0.220. The summed E-state index contributed by atoms with van der Waals surface area (Å²) in [5, 5.41) is 0. The molecule has 2 heterocycles. The van der Waals surface area contributed by atoms with Crippen LogP contribution in [0.25, 0.3) is 0 Å². The minimum Gasteiger partial charge on any atom is -0.460 e. The first kappa shape index (κ1) is 20.3. The second kappa shape index (κ2) is 7.87. The van der Waals surface area contributed by atoms with Crippen LogP contribution >= 0.6 is 0 Å². The third kappa shape index (κ3) is 5.51. The van der Waals surface area contributed by atoms with E-state index < -0.39 is 17.7 Å². The average molecular weight is 378 g/mol. The molecule has 1 aromatic rings. The predicted octanol–water partition coefficient (Wildman–Crippen LogP) is 3.57. The second-order valence-corrected chi connectivity index (χ2v) is 8.53. The van der Waals surface area contributed by atoms with Gasteiger partial charge in [-0.1, -0.05) is 30.3 Å². The minimum absolute atomic E-state index is 0.243. The van der Waals surface area contributed by atoms with Gasteiger partial charge in [0.15, 0.2) is 12.1 Å². The number of carbonyl (C=O) groups is 1. The van der Waals surface area contributed by atoms with Gasteiger partial charge in [0.2, 0.25) is 0 Å². The zero-order valence-electron chi connectivity index (χ0n) is 16.8. The summed E-state index contributed by atoms with van der Waals surface area (Å²) in [6.45, 7) is 9.74. The van der Waals surface area contributed by atoms with Crippen molar-refractivity contribution < 1.29 is 28.5 Å². The Balaban J connectivity index is 1.62. The molecule has 2 saturated heterocycles. The summed E-state index contributed by atoms with van der Waals surface area (Å²) in [5.74, 6) is -0.952. The van der Waals surface area contributed by atoms with Crippen LogP contribution in [-0.4, -0.2) is 42.0 Å². The molecule has 2 aliphatic rings. The summed E-state index contributed by atoms with van der Waals surface area (Å²) in [6.07, 6.45) is -0.631. The molecule has 3 rings (SSSR count). The summed E-state index contributed by atoms with van der Waals surface area (Å²) in [5.41, 5.74) is 0.578. The minimum atomic E-state index is -0.709. The lowest BCUT2D eigenvalue weighted by atomic mass is 10.1. The number of hydrogen-bond donors (Lipinski definition) is 0. The van der Waals surface area contributed by atoms with Crippen LogP contribution in [0.4, 0.5) is 0 Å². The van der Waals surface area contributed by atoms with E-state index in [1.165, 1.54) is 0 Å². The van der Waals surface area contributed by atoms with Crippen LogP contribution in [0.5, 0.6) is 0 Å². The highest BCUT2D eigenvalue weighted by Crippen LogP contribution is 2.40. The molecule has 1 aromatic carbocycles. The highest BCUT2D eigenvalue weighted by atomic mass is 16.8. The third-order valence-electron chi connectivity index (χ3n) is 4.43. The summed E-state index contributed by atoms with van der Waals surface area (Å²) < 4.78 is 29.4. The lowest BCUT2D eigenvalue weighted by Gasteiger charge is -2.26. The van der Waals surface area contributed by atoms with Gasteiger partial charge in [-0.2, -0.15) is 0 Å². The fraction of sp³-hybridized carbons (Fsp3) is 0.667. The van der Waals surface area contributed by atoms with E-state index in [0.29, 0.717) is 13.0 Å². The Morgan fingerprint density at radius 1 is 1.15 bits per heavy atom. The van der Waals surface area contributed by atoms with Crippen LogP contribution in [0.3, 0.4) is 0 Å². The van der Waals surface area contributed by atoms with Crippen LogP contribution in [0.1, 0.15) is 53.0 Å². The van der Waals surface area contributed by atoms with E-state index in [9.17, 15) is 4.79 Å². The van der Waals surface area contributed by atoms with E-state index in [1.54, 1.807) is 0 Å². The van der Waals surface area contributed by atoms with Gasteiger partial charge in [-0.15, -0.1) is 0 Å². The SMILES string of the molecule is CC(C)(C)OC(=O)CC[C@H]1O[C@@H]2OC(C)(C)O[C@@H]2[C@@H]1OCc1ccccc1. The van der Waals surface area contributed by atoms with Gasteiger partial charge in [-0.3, -0.25) is 4.79 Å². The molecule has 0 unspecified atom stereocenters. The highest BCUT2D eigenvalue weighted by Gasteiger charge is 2.55. The maximum atomic E-state index is 12.1. The first-order chi connectivity index (χ1) is 12.6. The highest BCUT2D eigenvalue weighted by molar-refractivity contribution is 5.69. The van der Waals surface area contributed by atoms with E-state index in [4.69, 9.17) is 23.7 Å². The molecule has 2 fully saturated rings. The lowest BCUT2D eigenvalue weighted by Crippen LogP contribution is -2.37. The second-order valence-electron chi connectivity index (χ2n) is 8.53. The van der Waals surface area contributed by atoms with Crippen molar-refractivity contribution >= 4 is 5.97 Å². The molecule has 0 radical (unpaired) electrons. The number of hydrogen-bond acceptors (Lipinski definition) is 6. The maximum Gasteiger partial charge on any atom is 0.306 e. The summed E-state index contributed by atoms with van der Waals surface area (Å²) in [6, 6.07) is 9.95. The molecule has 0 aromatic heterocycles. The molecular formula is C21H30O6. The van der Waals surface area contributed by atoms with Crippen molar-refractivity contribution in [3.8, 4) is 0 Å². The number of ether oxygens (including phenoxy) is 5. The van der Waals surface area contributed by atoms with Crippen molar-refractivity contribution in [3.05, 3.63) is 35.9 Å². The Bertz CT molecular complexity index is 636. The van der Waals surface area contributed by atoms with Crippen LogP contribution in [0, 0.1) is 0 Å². The number of benzene rings is 1. The number of carbonyl (C=O) groups excluding carboxylic acids is 1. The third-order valence-corrected chi connectivity index (χ3v) is 4.43. The molecule has 6 heteroatoms. The smallest absolute Gasteiger partial charge is 0.306 e. The number of rotatable bonds is 6. The Morgan fingerprint density at radius 2 is 1.85 bits per heavy atom. The average Bonchev–Trinajstić information content (AvgIpc) is 3.02. The molecule has 0 bridgehead atoms. The maximum absolute atomic E-state index is 12.1. The first-order valence-electron chi connectivity index (χ1n) is 9.51. The van der Waals surface area contributed by atoms with Crippen LogP contribution < -0.4 is 0 Å². The van der Waals surface area contributed by atoms with Gasteiger partial charge in [-0.25, -0.2) is 0 Å². The number of fused-ring (bicyclic) bond motifs is 1. The normalized spacial score (nSPS) is 29.5. The van der Waals surface area contributed by atoms with Gasteiger partial charge in [0.1, 0.15) is 17.8 Å². The van der Waals surface area contributed by atoms with Crippen molar-refractivity contribution in [2.75, 3.05) is 0 Å². The number of esters is 1. The largest absolute Gasteiger partial charge is 0.460 e. The van der Waals surface area contributed by atoms with Crippen LogP contribution in [0.15, 0.2) is 30.3 Å². The Labute approximate surface area is 161 Å². The summed E-state index contributed by atoms with van der Waals surface area (Å²) >= 11 is 0. The first-order valence-corrected chi connectivity index (χ1v) is 9.51. The van der Waals surface area contributed by atoms with E-state index in [-0.39, 0.29) is 30.7 Å². The van der Waals surface area contributed by atoms with E-state index in [2.05, 4.69) is 0 Å². The standard InChI is InChI=1S/C21H30O6/c1-20(2,3)25-16(22)12-11-15-17(23-13-14-9-7-6-8-10-14)18-19(24-15)27-21(4,5)26-18/h6-10,15,17-19H,11-13H2,1-5H3/t15-,17-,18-,19-/m1/s1. The molecule has 2 aliphatic heterocycles. The Morgan fingerprint density at radius 3 is 2.52 bits per heavy atom. The van der Waals surface area contributed by atoms with Gasteiger partial charge >= 0.3 is 5.97 Å². The van der Waals surface area contributed by atoms with Gasteiger partial charge in [0.25, 0.3) is 0 Å². The van der Waals surface area contributed by atoms with Crippen molar-refractivity contribution in [2.24, 2.45) is 0 Å². The molecule has 4 atom stereocenters. The molecule has 6 nitrogen and oxygen atoms in total. The molecule has 0 N–H and O–H groups in total. The molecule has 27 heavy (non-hydrogen) atoms. The van der Waals surface area contributed by atoms with Crippen LogP contribution in [0.2, 0.25) is 0 Å². The molecule has 0 amide bonds. The predicted molar refractivity (Wildman–Crippen MR) is 98.8 cm³/mol. The monoisotopic (exact) mass is 378 g/mol. The summed E-state index contributed by atoms with van der Waals surface area (Å²) in [4.78, 5) is 12.1. The fourth-order valence-electron chi connectivity index (χ4n) is 3.40. The Hall–Kier alpha value is -1.47. The van der Waals surface area contributed by atoms with Crippen LogP contribution in [-0.2, 0) is 35.1 Å². The van der Waals surface area contributed by atoms with Crippen molar-refractivity contribution in [2.45, 2.75) is 90.1 Å².